The van der Waals surface area contributed by atoms with Crippen LogP contribution in [0.3, 0.4) is 0 Å². The molecule has 0 atom stereocenters. The van der Waals surface area contributed by atoms with E-state index in [0.717, 1.165) is 35.1 Å². The summed E-state index contributed by atoms with van der Waals surface area (Å²) in [6.45, 7) is 3.41. The van der Waals surface area contributed by atoms with Crippen LogP contribution in [0.5, 0.6) is 5.88 Å². The number of methoxy groups -OCH3 is 1. The molecule has 3 aromatic heterocycles. The number of aromatic nitrogens is 5. The number of hydrogen-bond donors (Lipinski definition) is 1. The summed E-state index contributed by atoms with van der Waals surface area (Å²) in [7, 11) is 3.55. The molecule has 7 nitrogen and oxygen atoms in total. The predicted octanol–water partition coefficient (Wildman–Crippen LogP) is 1.61. The predicted molar refractivity (Wildman–Crippen MR) is 86.4 cm³/mol. The lowest BCUT2D eigenvalue weighted by Crippen LogP contribution is -2.14. The second kappa shape index (κ2) is 6.62. The van der Waals surface area contributed by atoms with E-state index in [2.05, 4.69) is 20.5 Å². The van der Waals surface area contributed by atoms with Crippen molar-refractivity contribution in [1.29, 1.82) is 0 Å². The molecule has 0 aromatic carbocycles. The van der Waals surface area contributed by atoms with E-state index in [9.17, 15) is 0 Å². The van der Waals surface area contributed by atoms with E-state index in [0.29, 0.717) is 6.54 Å². The molecule has 0 radical (unpaired) electrons. The monoisotopic (exact) mass is 312 g/mol. The summed E-state index contributed by atoms with van der Waals surface area (Å²) in [5, 5.41) is 11.9. The minimum Gasteiger partial charge on any atom is -0.481 e. The number of hydrogen-bond acceptors (Lipinski definition) is 5. The SMILES string of the molecule is COc1c(CNCc2ccc(-n3cccn3)nc2)c(C)nn1C. The molecule has 0 amide bonds. The third-order valence-corrected chi connectivity index (χ3v) is 3.66. The number of ether oxygens (including phenoxy) is 1. The quantitative estimate of drug-likeness (QED) is 0.749. The van der Waals surface area contributed by atoms with Crippen molar-refractivity contribution in [1.82, 2.24) is 29.9 Å². The molecule has 3 heterocycles. The molecule has 0 bridgehead atoms. The lowest BCUT2D eigenvalue weighted by molar-refractivity contribution is 0.368. The van der Waals surface area contributed by atoms with Crippen LogP contribution in [0.1, 0.15) is 16.8 Å². The number of nitrogens with zero attached hydrogens (tertiary/aromatic N) is 5. The third-order valence-electron chi connectivity index (χ3n) is 3.66. The van der Waals surface area contributed by atoms with E-state index < -0.39 is 0 Å². The van der Waals surface area contributed by atoms with Crippen molar-refractivity contribution in [2.75, 3.05) is 7.11 Å². The molecule has 0 saturated heterocycles. The van der Waals surface area contributed by atoms with Gasteiger partial charge in [-0.15, -0.1) is 0 Å². The Labute approximate surface area is 134 Å². The summed E-state index contributed by atoms with van der Waals surface area (Å²) in [6, 6.07) is 5.88. The fourth-order valence-electron chi connectivity index (χ4n) is 2.53. The van der Waals surface area contributed by atoms with Crippen molar-refractivity contribution in [2.45, 2.75) is 20.0 Å². The maximum absolute atomic E-state index is 5.40. The fourth-order valence-corrected chi connectivity index (χ4v) is 2.53. The Balaban J connectivity index is 1.61. The molecule has 1 N–H and O–H groups in total. The van der Waals surface area contributed by atoms with E-state index in [1.54, 1.807) is 22.7 Å². The minimum absolute atomic E-state index is 0.698. The summed E-state index contributed by atoms with van der Waals surface area (Å²) in [6.07, 6.45) is 5.47. The van der Waals surface area contributed by atoms with Gasteiger partial charge < -0.3 is 10.1 Å². The molecule has 7 heteroatoms. The van der Waals surface area contributed by atoms with E-state index in [4.69, 9.17) is 4.74 Å². The number of aryl methyl sites for hydroxylation is 2. The van der Waals surface area contributed by atoms with Crippen LogP contribution in [-0.2, 0) is 20.1 Å². The molecule has 0 aliphatic carbocycles. The van der Waals surface area contributed by atoms with Crippen molar-refractivity contribution >= 4 is 0 Å². The van der Waals surface area contributed by atoms with E-state index in [-0.39, 0.29) is 0 Å². The highest BCUT2D eigenvalue weighted by atomic mass is 16.5. The minimum atomic E-state index is 0.698. The molecule has 3 rings (SSSR count). The summed E-state index contributed by atoms with van der Waals surface area (Å²) >= 11 is 0. The van der Waals surface area contributed by atoms with E-state index in [1.165, 1.54) is 0 Å². The Kier molecular flexibility index (Phi) is 4.38. The first kappa shape index (κ1) is 15.2. The summed E-state index contributed by atoms with van der Waals surface area (Å²) in [5.41, 5.74) is 3.17. The first-order valence-corrected chi connectivity index (χ1v) is 7.41. The van der Waals surface area contributed by atoms with Gasteiger partial charge in [0.05, 0.1) is 18.4 Å². The molecule has 0 aliphatic heterocycles. The molecule has 0 fully saturated rings. The Bertz CT molecular complexity index is 761. The van der Waals surface area contributed by atoms with Gasteiger partial charge in [0.25, 0.3) is 0 Å². The van der Waals surface area contributed by atoms with Gasteiger partial charge in [-0.1, -0.05) is 6.07 Å². The third kappa shape index (κ3) is 3.24. The van der Waals surface area contributed by atoms with Crippen LogP contribution in [0.25, 0.3) is 5.82 Å². The highest BCUT2D eigenvalue weighted by molar-refractivity contribution is 5.31. The fraction of sp³-hybridized carbons (Fsp3) is 0.312. The van der Waals surface area contributed by atoms with Gasteiger partial charge in [-0.25, -0.2) is 14.3 Å². The topological polar surface area (TPSA) is 69.8 Å². The van der Waals surface area contributed by atoms with Crippen LogP contribution in [0.4, 0.5) is 0 Å². The molecular weight excluding hydrogens is 292 g/mol. The Morgan fingerprint density at radius 2 is 2.13 bits per heavy atom. The van der Waals surface area contributed by atoms with Crippen molar-refractivity contribution in [3.8, 4) is 11.7 Å². The smallest absolute Gasteiger partial charge is 0.216 e. The van der Waals surface area contributed by atoms with E-state index >= 15 is 0 Å². The summed E-state index contributed by atoms with van der Waals surface area (Å²) in [4.78, 5) is 4.42. The number of pyridine rings is 1. The first-order chi connectivity index (χ1) is 11.2. The van der Waals surface area contributed by atoms with Gasteiger partial charge in [-0.05, 0) is 24.6 Å². The van der Waals surface area contributed by atoms with Crippen LogP contribution in [-0.4, -0.2) is 31.7 Å². The second-order valence-corrected chi connectivity index (χ2v) is 5.28. The van der Waals surface area contributed by atoms with Gasteiger partial charge in [-0.2, -0.15) is 10.2 Å². The van der Waals surface area contributed by atoms with Crippen molar-refractivity contribution in [3.63, 3.8) is 0 Å². The van der Waals surface area contributed by atoms with Crippen molar-refractivity contribution in [3.05, 3.63) is 53.6 Å². The molecule has 0 spiro atoms. The summed E-state index contributed by atoms with van der Waals surface area (Å²) in [5.74, 6) is 1.60. The van der Waals surface area contributed by atoms with Gasteiger partial charge in [0.15, 0.2) is 5.82 Å². The first-order valence-electron chi connectivity index (χ1n) is 7.41. The largest absolute Gasteiger partial charge is 0.481 e. The van der Waals surface area contributed by atoms with Crippen LogP contribution in [0, 0.1) is 6.92 Å². The zero-order chi connectivity index (χ0) is 16.2. The van der Waals surface area contributed by atoms with Gasteiger partial charge in [-0.3, -0.25) is 0 Å². The van der Waals surface area contributed by atoms with Gasteiger partial charge >= 0.3 is 0 Å². The standard InChI is InChI=1S/C16H20N6O/c1-12-14(16(23-3)21(2)20-12)11-17-9-13-5-6-15(18-10-13)22-8-4-7-19-22/h4-8,10,17H,9,11H2,1-3H3. The Morgan fingerprint density at radius 1 is 1.26 bits per heavy atom. The molecule has 120 valence electrons. The Hall–Kier alpha value is -2.67. The van der Waals surface area contributed by atoms with Crippen LogP contribution < -0.4 is 10.1 Å². The lowest BCUT2D eigenvalue weighted by atomic mass is 10.2. The highest BCUT2D eigenvalue weighted by Crippen LogP contribution is 2.20. The normalized spacial score (nSPS) is 10.9. The molecule has 0 unspecified atom stereocenters. The average Bonchev–Trinajstić information content (AvgIpc) is 3.17. The molecular formula is C16H20N6O. The molecule has 0 saturated carbocycles. The number of nitrogens with one attached hydrogen (secondary N) is 1. The van der Waals surface area contributed by atoms with Gasteiger partial charge in [0.2, 0.25) is 5.88 Å². The van der Waals surface area contributed by atoms with Crippen LogP contribution >= 0.6 is 0 Å². The highest BCUT2D eigenvalue weighted by Gasteiger charge is 2.13. The zero-order valence-corrected chi connectivity index (χ0v) is 13.5. The summed E-state index contributed by atoms with van der Waals surface area (Å²) < 4.78 is 8.89. The van der Waals surface area contributed by atoms with Crippen molar-refractivity contribution < 1.29 is 4.74 Å². The number of rotatable bonds is 6. The van der Waals surface area contributed by atoms with Gasteiger partial charge in [0.1, 0.15) is 0 Å². The van der Waals surface area contributed by atoms with Crippen molar-refractivity contribution in [2.24, 2.45) is 7.05 Å². The molecule has 3 aromatic rings. The lowest BCUT2D eigenvalue weighted by Gasteiger charge is -2.07. The van der Waals surface area contributed by atoms with E-state index in [1.807, 2.05) is 44.6 Å². The Morgan fingerprint density at radius 3 is 2.78 bits per heavy atom. The maximum Gasteiger partial charge on any atom is 0.216 e. The van der Waals surface area contributed by atoms with Gasteiger partial charge in [0, 0.05) is 38.7 Å². The van der Waals surface area contributed by atoms with Crippen LogP contribution in [0.2, 0.25) is 0 Å². The average molecular weight is 312 g/mol. The molecule has 0 aliphatic rings. The zero-order valence-electron chi connectivity index (χ0n) is 13.5. The second-order valence-electron chi connectivity index (χ2n) is 5.28. The van der Waals surface area contributed by atoms with Crippen LogP contribution in [0.15, 0.2) is 36.8 Å². The molecule has 23 heavy (non-hydrogen) atoms. The maximum atomic E-state index is 5.40.